The maximum absolute atomic E-state index is 12.0. The Morgan fingerprint density at radius 3 is 2.83 bits per heavy atom. The molecule has 2 atom stereocenters. The number of carbonyl (C=O) groups is 1. The van der Waals surface area contributed by atoms with Crippen LogP contribution in [-0.4, -0.2) is 27.0 Å². The molecule has 1 aromatic rings. The van der Waals surface area contributed by atoms with Crippen LogP contribution in [0.1, 0.15) is 42.6 Å². The highest BCUT2D eigenvalue weighted by molar-refractivity contribution is 9.09. The van der Waals surface area contributed by atoms with Crippen LogP contribution in [0.15, 0.2) is 16.9 Å². The van der Waals surface area contributed by atoms with Crippen molar-refractivity contribution in [2.45, 2.75) is 43.0 Å². The second-order valence-corrected chi connectivity index (χ2v) is 5.72. The van der Waals surface area contributed by atoms with Crippen molar-refractivity contribution >= 4 is 21.8 Å². The van der Waals surface area contributed by atoms with Gasteiger partial charge >= 0.3 is 0 Å². The molecule has 0 bridgehead atoms. The second kappa shape index (κ2) is 6.13. The van der Waals surface area contributed by atoms with E-state index in [4.69, 9.17) is 0 Å². The number of nitrogens with one attached hydrogen (secondary N) is 2. The average Bonchev–Trinajstić information content (AvgIpc) is 2.56. The molecule has 1 aromatic heterocycles. The van der Waals surface area contributed by atoms with Crippen LogP contribution in [0.2, 0.25) is 0 Å². The van der Waals surface area contributed by atoms with Gasteiger partial charge in [-0.05, 0) is 18.9 Å². The number of amides is 1. The third-order valence-electron chi connectivity index (χ3n) is 3.16. The average molecular weight is 314 g/mol. The summed E-state index contributed by atoms with van der Waals surface area (Å²) in [7, 11) is 0. The van der Waals surface area contributed by atoms with Gasteiger partial charge in [0.25, 0.3) is 11.5 Å². The Balaban J connectivity index is 2.01. The summed E-state index contributed by atoms with van der Waals surface area (Å²) in [5.74, 6) is -0.234. The Labute approximate surface area is 113 Å². The number of aromatic amines is 1. The van der Waals surface area contributed by atoms with E-state index in [1.807, 2.05) is 0 Å². The number of H-pyrrole nitrogens is 1. The molecule has 2 rings (SSSR count). The monoisotopic (exact) mass is 313 g/mol. The molecule has 1 aliphatic rings. The summed E-state index contributed by atoms with van der Waals surface area (Å²) >= 11 is 3.62. The van der Waals surface area contributed by atoms with Crippen molar-refractivity contribution in [2.24, 2.45) is 0 Å². The third kappa shape index (κ3) is 3.41. The number of hydrogen-bond donors (Lipinski definition) is 2. The highest BCUT2D eigenvalue weighted by Gasteiger charge is 2.23. The minimum atomic E-state index is -0.306. The van der Waals surface area contributed by atoms with E-state index < -0.39 is 0 Å². The van der Waals surface area contributed by atoms with Crippen LogP contribution in [0.3, 0.4) is 0 Å². The van der Waals surface area contributed by atoms with Gasteiger partial charge in [0.15, 0.2) is 0 Å². The Bertz CT molecular complexity index is 454. The first-order valence-electron chi connectivity index (χ1n) is 6.17. The first-order valence-corrected chi connectivity index (χ1v) is 7.09. The van der Waals surface area contributed by atoms with Gasteiger partial charge in [-0.1, -0.05) is 35.2 Å². The van der Waals surface area contributed by atoms with Crippen LogP contribution in [0.25, 0.3) is 0 Å². The SMILES string of the molecule is O=C(NC1CCCCCC1Br)c1ccc(=O)[nH]n1. The molecular formula is C12H16BrN3O2. The lowest BCUT2D eigenvalue weighted by molar-refractivity contribution is 0.0928. The first kappa shape index (κ1) is 13.3. The first-order chi connectivity index (χ1) is 8.66. The number of carbonyl (C=O) groups excluding carboxylic acids is 1. The van der Waals surface area contributed by atoms with Gasteiger partial charge in [0.2, 0.25) is 0 Å². The molecule has 1 heterocycles. The predicted molar refractivity (Wildman–Crippen MR) is 71.9 cm³/mol. The quantitative estimate of drug-likeness (QED) is 0.643. The fraction of sp³-hybridized carbons (Fsp3) is 0.583. The lowest BCUT2D eigenvalue weighted by atomic mass is 10.1. The van der Waals surface area contributed by atoms with Crippen LogP contribution in [0.4, 0.5) is 0 Å². The van der Waals surface area contributed by atoms with Crippen molar-refractivity contribution in [3.63, 3.8) is 0 Å². The molecule has 18 heavy (non-hydrogen) atoms. The van der Waals surface area contributed by atoms with Crippen molar-refractivity contribution in [3.05, 3.63) is 28.2 Å². The van der Waals surface area contributed by atoms with Crippen molar-refractivity contribution in [1.82, 2.24) is 15.5 Å². The van der Waals surface area contributed by atoms with E-state index >= 15 is 0 Å². The van der Waals surface area contributed by atoms with Gasteiger partial charge < -0.3 is 5.32 Å². The number of nitrogens with zero attached hydrogens (tertiary/aromatic N) is 1. The zero-order valence-corrected chi connectivity index (χ0v) is 11.6. The standard InChI is InChI=1S/C12H16BrN3O2/c13-8-4-2-1-3-5-9(8)14-12(18)10-6-7-11(17)16-15-10/h6-9H,1-5H2,(H,14,18)(H,16,17). The Kier molecular flexibility index (Phi) is 4.52. The summed E-state index contributed by atoms with van der Waals surface area (Å²) in [5.41, 5.74) is -0.0575. The highest BCUT2D eigenvalue weighted by Crippen LogP contribution is 2.23. The van der Waals surface area contributed by atoms with Crippen LogP contribution < -0.4 is 10.9 Å². The Morgan fingerprint density at radius 2 is 2.11 bits per heavy atom. The van der Waals surface area contributed by atoms with E-state index in [1.54, 1.807) is 0 Å². The lowest BCUT2D eigenvalue weighted by Gasteiger charge is -2.21. The molecule has 0 spiro atoms. The summed E-state index contributed by atoms with van der Waals surface area (Å²) in [4.78, 5) is 23.2. The number of hydrogen-bond acceptors (Lipinski definition) is 3. The normalized spacial score (nSPS) is 24.3. The topological polar surface area (TPSA) is 74.8 Å². The summed E-state index contributed by atoms with van der Waals surface area (Å²) in [6, 6.07) is 2.88. The zero-order chi connectivity index (χ0) is 13.0. The number of aromatic nitrogens is 2. The van der Waals surface area contributed by atoms with Gasteiger partial charge in [-0.15, -0.1) is 0 Å². The van der Waals surface area contributed by atoms with Gasteiger partial charge in [0, 0.05) is 16.9 Å². The largest absolute Gasteiger partial charge is 0.347 e. The van der Waals surface area contributed by atoms with Crippen LogP contribution >= 0.6 is 15.9 Å². The molecule has 1 aliphatic carbocycles. The van der Waals surface area contributed by atoms with E-state index in [-0.39, 0.29) is 23.2 Å². The molecule has 0 aromatic carbocycles. The second-order valence-electron chi connectivity index (χ2n) is 4.54. The van der Waals surface area contributed by atoms with Gasteiger partial charge in [-0.2, -0.15) is 5.10 Å². The van der Waals surface area contributed by atoms with Crippen molar-refractivity contribution < 1.29 is 4.79 Å². The van der Waals surface area contributed by atoms with E-state index in [2.05, 4.69) is 31.4 Å². The Morgan fingerprint density at radius 1 is 1.33 bits per heavy atom. The van der Waals surface area contributed by atoms with E-state index in [9.17, 15) is 9.59 Å². The fourth-order valence-corrected chi connectivity index (χ4v) is 2.86. The van der Waals surface area contributed by atoms with E-state index in [0.29, 0.717) is 4.83 Å². The maximum Gasteiger partial charge on any atom is 0.271 e. The predicted octanol–water partition coefficient (Wildman–Crippen LogP) is 1.60. The summed E-state index contributed by atoms with van der Waals surface area (Å²) < 4.78 is 0. The van der Waals surface area contributed by atoms with Crippen LogP contribution in [-0.2, 0) is 0 Å². The molecule has 0 saturated heterocycles. The van der Waals surface area contributed by atoms with Crippen LogP contribution in [0, 0.1) is 0 Å². The lowest BCUT2D eigenvalue weighted by Crippen LogP contribution is -2.40. The maximum atomic E-state index is 12.0. The smallest absolute Gasteiger partial charge is 0.271 e. The molecule has 0 aliphatic heterocycles. The van der Waals surface area contributed by atoms with E-state index in [0.717, 1.165) is 19.3 Å². The molecule has 5 nitrogen and oxygen atoms in total. The zero-order valence-electron chi connectivity index (χ0n) is 9.99. The van der Waals surface area contributed by atoms with Crippen LogP contribution in [0.5, 0.6) is 0 Å². The number of rotatable bonds is 2. The minimum Gasteiger partial charge on any atom is -0.347 e. The summed E-state index contributed by atoms with van der Waals surface area (Å²) in [6.07, 6.45) is 5.59. The van der Waals surface area contributed by atoms with Gasteiger partial charge in [0.05, 0.1) is 0 Å². The minimum absolute atomic E-state index is 0.133. The molecule has 6 heteroatoms. The molecule has 1 amide bonds. The van der Waals surface area contributed by atoms with Gasteiger partial charge in [0.1, 0.15) is 5.69 Å². The molecule has 2 N–H and O–H groups in total. The molecule has 0 radical (unpaired) electrons. The van der Waals surface area contributed by atoms with Gasteiger partial charge in [-0.3, -0.25) is 9.59 Å². The number of halogens is 1. The molecule has 98 valence electrons. The third-order valence-corrected chi connectivity index (χ3v) is 4.26. The molecule has 2 unspecified atom stereocenters. The molecule has 1 saturated carbocycles. The highest BCUT2D eigenvalue weighted by atomic mass is 79.9. The van der Waals surface area contributed by atoms with E-state index in [1.165, 1.54) is 25.0 Å². The summed E-state index contributed by atoms with van der Waals surface area (Å²) in [6.45, 7) is 0. The molecule has 1 fully saturated rings. The van der Waals surface area contributed by atoms with Crippen molar-refractivity contribution in [2.75, 3.05) is 0 Å². The van der Waals surface area contributed by atoms with Crippen molar-refractivity contribution in [3.8, 4) is 0 Å². The summed E-state index contributed by atoms with van der Waals surface area (Å²) in [5, 5.41) is 8.96. The van der Waals surface area contributed by atoms with Crippen molar-refractivity contribution in [1.29, 1.82) is 0 Å². The number of alkyl halides is 1. The van der Waals surface area contributed by atoms with Gasteiger partial charge in [-0.25, -0.2) is 5.10 Å². The Hall–Kier alpha value is -1.17. The molecular weight excluding hydrogens is 298 g/mol. The fourth-order valence-electron chi connectivity index (χ4n) is 2.14.